The molecule has 0 saturated heterocycles. The van der Waals surface area contributed by atoms with Gasteiger partial charge in [-0.1, -0.05) is 117 Å². The summed E-state index contributed by atoms with van der Waals surface area (Å²) in [7, 11) is 0. The van der Waals surface area contributed by atoms with Gasteiger partial charge in [-0.2, -0.15) is 0 Å². The molecule has 3 heteroatoms. The maximum Gasteiger partial charge on any atom is 0.0527 e. The third kappa shape index (κ3) is 4.69. The maximum atomic E-state index is 4.85. The van der Waals surface area contributed by atoms with Crippen molar-refractivity contribution in [3.63, 3.8) is 0 Å². The molecule has 9 rings (SSSR count). The first kappa shape index (κ1) is 29.3. The van der Waals surface area contributed by atoms with Crippen LogP contribution in [0.25, 0.3) is 72.1 Å². The van der Waals surface area contributed by atoms with E-state index in [-0.39, 0.29) is 25.5 Å². The molecular weight excluding hydrogens is 749 g/mol. The molecular formula is C44H31IrN2-. The van der Waals surface area contributed by atoms with E-state index < -0.39 is 0 Å². The predicted molar refractivity (Wildman–Crippen MR) is 191 cm³/mol. The Labute approximate surface area is 288 Å². The van der Waals surface area contributed by atoms with E-state index in [9.17, 15) is 0 Å². The van der Waals surface area contributed by atoms with Crippen molar-refractivity contribution in [2.24, 2.45) is 0 Å². The zero-order chi connectivity index (χ0) is 30.8. The summed E-state index contributed by atoms with van der Waals surface area (Å²) in [6.45, 7) is 4.73. The Morgan fingerprint density at radius 1 is 0.553 bits per heavy atom. The van der Waals surface area contributed by atoms with Crippen LogP contribution in [-0.2, 0) is 25.5 Å². The Morgan fingerprint density at radius 3 is 1.98 bits per heavy atom. The Morgan fingerprint density at radius 2 is 1.23 bits per heavy atom. The van der Waals surface area contributed by atoms with Crippen LogP contribution in [0, 0.1) is 6.07 Å². The summed E-state index contributed by atoms with van der Waals surface area (Å²) in [5.41, 5.74) is 15.5. The molecule has 1 radical (unpaired) electrons. The first-order valence-electron chi connectivity index (χ1n) is 15.9. The van der Waals surface area contributed by atoms with E-state index in [1.54, 1.807) is 0 Å². The molecule has 6 aromatic carbocycles. The number of rotatable bonds is 4. The quantitative estimate of drug-likeness (QED) is 0.163. The van der Waals surface area contributed by atoms with Crippen LogP contribution in [0.3, 0.4) is 0 Å². The van der Waals surface area contributed by atoms with Gasteiger partial charge >= 0.3 is 0 Å². The molecule has 0 N–H and O–H groups in total. The molecule has 2 heterocycles. The van der Waals surface area contributed by atoms with Crippen LogP contribution >= 0.6 is 0 Å². The largest absolute Gasteiger partial charge is 0.327 e. The van der Waals surface area contributed by atoms with Crippen molar-refractivity contribution in [1.82, 2.24) is 9.55 Å². The molecule has 2 aromatic heterocycles. The summed E-state index contributed by atoms with van der Waals surface area (Å²) in [6.07, 6.45) is 1.96. The smallest absolute Gasteiger partial charge is 0.0527 e. The van der Waals surface area contributed by atoms with Crippen LogP contribution in [0.1, 0.15) is 25.0 Å². The van der Waals surface area contributed by atoms with E-state index in [1.165, 1.54) is 60.8 Å². The van der Waals surface area contributed by atoms with Gasteiger partial charge in [-0.3, -0.25) is 0 Å². The fraction of sp³-hybridized carbons (Fsp3) is 0.0682. The third-order valence-corrected chi connectivity index (χ3v) is 9.77. The Bertz CT molecular complexity index is 2420. The molecule has 1 aliphatic carbocycles. The van der Waals surface area contributed by atoms with Gasteiger partial charge in [0.1, 0.15) is 0 Å². The van der Waals surface area contributed by atoms with Gasteiger partial charge in [0.05, 0.1) is 11.0 Å². The molecule has 0 spiro atoms. The molecule has 0 unspecified atom stereocenters. The SMILES string of the molecule is CC1(C)c2cc(-c3ccccc3)ccc2-c2cc3c4ccccc4n(-c4cc[c-]c(-c5ccc(-c6ccccc6)cn5)c4)c3cc21.[Ir]. The standard InChI is InChI=1S/C44H31N2.Ir/c1-44(2)39-25-31(29-12-5-3-6-13-29)20-22-35(39)37-26-38-36-18-9-10-19-42(36)46(43(38)27-40(37)44)34-17-11-16-32(24-34)41-23-21-33(28-45-41)30-14-7-4-8-15-30;/h3-15,17-28H,1-2H3;/q-1;. The molecule has 1 aliphatic rings. The summed E-state index contributed by atoms with van der Waals surface area (Å²) in [4.78, 5) is 4.85. The van der Waals surface area contributed by atoms with Crippen LogP contribution < -0.4 is 0 Å². The van der Waals surface area contributed by atoms with Gasteiger partial charge in [0.25, 0.3) is 0 Å². The summed E-state index contributed by atoms with van der Waals surface area (Å²) in [5, 5.41) is 2.53. The van der Waals surface area contributed by atoms with E-state index in [0.29, 0.717) is 0 Å². The molecule has 227 valence electrons. The number of benzene rings is 6. The van der Waals surface area contributed by atoms with Crippen molar-refractivity contribution in [1.29, 1.82) is 0 Å². The summed E-state index contributed by atoms with van der Waals surface area (Å²) >= 11 is 0. The van der Waals surface area contributed by atoms with Crippen molar-refractivity contribution in [3.05, 3.63) is 169 Å². The van der Waals surface area contributed by atoms with Gasteiger partial charge < -0.3 is 9.55 Å². The second-order valence-electron chi connectivity index (χ2n) is 12.8. The molecule has 0 fully saturated rings. The average Bonchev–Trinajstić information content (AvgIpc) is 3.56. The molecule has 0 saturated carbocycles. The fourth-order valence-electron chi connectivity index (χ4n) is 7.38. The Hall–Kier alpha value is -5.08. The summed E-state index contributed by atoms with van der Waals surface area (Å²) in [6, 6.07) is 55.8. The number of hydrogen-bond donors (Lipinski definition) is 0. The van der Waals surface area contributed by atoms with Crippen LogP contribution in [-0.4, -0.2) is 9.55 Å². The second-order valence-corrected chi connectivity index (χ2v) is 12.8. The third-order valence-electron chi connectivity index (χ3n) is 9.77. The van der Waals surface area contributed by atoms with E-state index in [4.69, 9.17) is 4.98 Å². The van der Waals surface area contributed by atoms with Gasteiger partial charge in [0, 0.05) is 42.5 Å². The van der Waals surface area contributed by atoms with Crippen LogP contribution in [0.4, 0.5) is 0 Å². The minimum Gasteiger partial charge on any atom is -0.327 e. The first-order valence-corrected chi connectivity index (χ1v) is 15.9. The minimum absolute atomic E-state index is 0. The van der Waals surface area contributed by atoms with Crippen LogP contribution in [0.2, 0.25) is 0 Å². The average molecular weight is 780 g/mol. The number of aromatic nitrogens is 2. The van der Waals surface area contributed by atoms with Crippen molar-refractivity contribution in [2.75, 3.05) is 0 Å². The molecule has 47 heavy (non-hydrogen) atoms. The molecule has 0 atom stereocenters. The number of nitrogens with zero attached hydrogens (tertiary/aromatic N) is 2. The number of para-hydroxylation sites is 1. The molecule has 2 nitrogen and oxygen atoms in total. The van der Waals surface area contributed by atoms with Gasteiger partial charge in [-0.15, -0.1) is 29.8 Å². The van der Waals surface area contributed by atoms with E-state index in [2.05, 4.69) is 158 Å². The summed E-state index contributed by atoms with van der Waals surface area (Å²) < 4.78 is 2.41. The molecule has 0 aliphatic heterocycles. The van der Waals surface area contributed by atoms with Gasteiger partial charge in [0.2, 0.25) is 0 Å². The van der Waals surface area contributed by atoms with Crippen molar-refractivity contribution in [2.45, 2.75) is 19.3 Å². The van der Waals surface area contributed by atoms with Gasteiger partial charge in [0.15, 0.2) is 0 Å². The summed E-state index contributed by atoms with van der Waals surface area (Å²) in [5.74, 6) is 0. The molecule has 0 amide bonds. The second kappa shape index (κ2) is 11.3. The van der Waals surface area contributed by atoms with Crippen molar-refractivity contribution >= 4 is 21.8 Å². The van der Waals surface area contributed by atoms with E-state index >= 15 is 0 Å². The minimum atomic E-state index is -0.134. The van der Waals surface area contributed by atoms with Crippen LogP contribution in [0.15, 0.2) is 152 Å². The van der Waals surface area contributed by atoms with Gasteiger partial charge in [-0.25, -0.2) is 0 Å². The number of hydrogen-bond acceptors (Lipinski definition) is 1. The molecule has 0 bridgehead atoms. The maximum absolute atomic E-state index is 4.85. The monoisotopic (exact) mass is 780 g/mol. The van der Waals surface area contributed by atoms with E-state index in [0.717, 1.165) is 22.5 Å². The fourth-order valence-corrected chi connectivity index (χ4v) is 7.38. The Balaban J connectivity index is 0.00000324. The number of pyridine rings is 1. The molecule has 8 aromatic rings. The van der Waals surface area contributed by atoms with Crippen LogP contribution in [0.5, 0.6) is 0 Å². The van der Waals surface area contributed by atoms with Crippen molar-refractivity contribution < 1.29 is 20.1 Å². The number of fused-ring (bicyclic) bond motifs is 6. The van der Waals surface area contributed by atoms with Crippen molar-refractivity contribution in [3.8, 4) is 50.3 Å². The predicted octanol–water partition coefficient (Wildman–Crippen LogP) is 11.3. The Kier molecular flexibility index (Phi) is 7.06. The normalized spacial score (nSPS) is 12.9. The first-order chi connectivity index (χ1) is 22.6. The zero-order valence-electron chi connectivity index (χ0n) is 26.2. The van der Waals surface area contributed by atoms with E-state index in [1.807, 2.05) is 18.3 Å². The van der Waals surface area contributed by atoms with Gasteiger partial charge in [-0.05, 0) is 80.2 Å². The topological polar surface area (TPSA) is 17.8 Å². The zero-order valence-corrected chi connectivity index (χ0v) is 28.6.